The van der Waals surface area contributed by atoms with Gasteiger partial charge in [0.2, 0.25) is 0 Å². The van der Waals surface area contributed by atoms with Crippen LogP contribution in [0.1, 0.15) is 16.8 Å². The molecule has 3 rings (SSSR count). The smallest absolute Gasteiger partial charge is 0.340 e. The first-order chi connectivity index (χ1) is 12.5. The Hall–Kier alpha value is -3.04. The summed E-state index contributed by atoms with van der Waals surface area (Å²) in [6, 6.07) is 13.5. The van der Waals surface area contributed by atoms with E-state index in [0.717, 1.165) is 16.4 Å². The Morgan fingerprint density at radius 1 is 1.23 bits per heavy atom. The minimum Gasteiger partial charge on any atom is -0.486 e. The highest BCUT2D eigenvalue weighted by atomic mass is 16.5. The van der Waals surface area contributed by atoms with Gasteiger partial charge in [-0.15, -0.1) is 0 Å². The van der Waals surface area contributed by atoms with E-state index in [1.807, 2.05) is 66.0 Å². The van der Waals surface area contributed by atoms with Gasteiger partial charge in [-0.1, -0.05) is 18.2 Å². The number of ether oxygens (including phenoxy) is 2. The van der Waals surface area contributed by atoms with Gasteiger partial charge in [-0.3, -0.25) is 0 Å². The Kier molecular flexibility index (Phi) is 5.10. The van der Waals surface area contributed by atoms with E-state index in [1.54, 1.807) is 0 Å². The highest BCUT2D eigenvalue weighted by Crippen LogP contribution is 2.29. The summed E-state index contributed by atoms with van der Waals surface area (Å²) >= 11 is 0. The first-order valence-electron chi connectivity index (χ1n) is 8.34. The summed E-state index contributed by atoms with van der Waals surface area (Å²) in [5.41, 5.74) is 2.20. The van der Waals surface area contributed by atoms with E-state index < -0.39 is 0 Å². The number of fused-ring (bicyclic) bond motifs is 3. The molecule has 0 radical (unpaired) electrons. The highest BCUT2D eigenvalue weighted by molar-refractivity contribution is 6.11. The zero-order chi connectivity index (χ0) is 18.7. The monoisotopic (exact) mass is 351 g/mol. The molecule has 0 saturated carbocycles. The molecule has 0 aliphatic carbocycles. The molecule has 0 saturated heterocycles. The van der Waals surface area contributed by atoms with E-state index in [2.05, 4.69) is 6.07 Å². The number of nitrogens with zero attached hydrogens (tertiary/aromatic N) is 3. The number of rotatable bonds is 6. The van der Waals surface area contributed by atoms with Gasteiger partial charge >= 0.3 is 5.97 Å². The normalized spacial score (nSPS) is 12.3. The second kappa shape index (κ2) is 7.46. The molecule has 2 heterocycles. The molecule has 0 fully saturated rings. The predicted molar refractivity (Wildman–Crippen MR) is 99.4 cm³/mol. The minimum absolute atomic E-state index is 0.227. The summed E-state index contributed by atoms with van der Waals surface area (Å²) in [6.07, 6.45) is 1.93. The number of pyridine rings is 1. The number of likely N-dealkylation sites (N-methyl/N-ethyl adjacent to an activating group) is 1. The lowest BCUT2D eigenvalue weighted by molar-refractivity contribution is 0.0605. The van der Waals surface area contributed by atoms with Gasteiger partial charge in [0.05, 0.1) is 42.4 Å². The first-order valence-corrected chi connectivity index (χ1v) is 8.34. The van der Waals surface area contributed by atoms with Crippen molar-refractivity contribution in [2.75, 3.05) is 27.7 Å². The molecule has 0 aliphatic heterocycles. The molecule has 1 unspecified atom stereocenters. The Morgan fingerprint density at radius 2 is 2.00 bits per heavy atom. The van der Waals surface area contributed by atoms with Crippen molar-refractivity contribution in [2.45, 2.75) is 12.5 Å². The quantitative estimate of drug-likeness (QED) is 0.639. The van der Waals surface area contributed by atoms with Crippen LogP contribution in [0.2, 0.25) is 0 Å². The van der Waals surface area contributed by atoms with E-state index in [-0.39, 0.29) is 12.1 Å². The van der Waals surface area contributed by atoms with Gasteiger partial charge in [0.1, 0.15) is 11.9 Å². The van der Waals surface area contributed by atoms with Crippen molar-refractivity contribution in [1.29, 1.82) is 5.26 Å². The molecule has 134 valence electrons. The van der Waals surface area contributed by atoms with Crippen molar-refractivity contribution < 1.29 is 14.3 Å². The number of hydrogen-bond acceptors (Lipinski definition) is 5. The second-order valence-corrected chi connectivity index (χ2v) is 6.37. The molecule has 0 bridgehead atoms. The van der Waals surface area contributed by atoms with Crippen molar-refractivity contribution in [2.24, 2.45) is 0 Å². The predicted octanol–water partition coefficient (Wildman–Crippen LogP) is 3.10. The Labute approximate surface area is 152 Å². The van der Waals surface area contributed by atoms with Crippen LogP contribution in [0, 0.1) is 11.3 Å². The summed E-state index contributed by atoms with van der Waals surface area (Å²) in [5, 5.41) is 9.86. The number of hydrogen-bond donors (Lipinski definition) is 0. The van der Waals surface area contributed by atoms with E-state index in [9.17, 15) is 4.79 Å². The van der Waals surface area contributed by atoms with Crippen molar-refractivity contribution in [3.63, 3.8) is 0 Å². The van der Waals surface area contributed by atoms with Gasteiger partial charge in [-0.2, -0.15) is 5.26 Å². The van der Waals surface area contributed by atoms with Crippen molar-refractivity contribution in [3.8, 4) is 11.8 Å². The van der Waals surface area contributed by atoms with Gasteiger partial charge in [-0.05, 0) is 32.3 Å². The first kappa shape index (κ1) is 17.8. The van der Waals surface area contributed by atoms with E-state index in [0.29, 0.717) is 24.3 Å². The molecule has 0 N–H and O–H groups in total. The lowest BCUT2D eigenvalue weighted by atomic mass is 10.1. The molecular formula is C20H21N3O3. The maximum Gasteiger partial charge on any atom is 0.340 e. The van der Waals surface area contributed by atoms with Crippen LogP contribution in [0.5, 0.6) is 5.75 Å². The average molecular weight is 351 g/mol. The van der Waals surface area contributed by atoms with Gasteiger partial charge < -0.3 is 18.8 Å². The van der Waals surface area contributed by atoms with Crippen LogP contribution >= 0.6 is 0 Å². The van der Waals surface area contributed by atoms with Crippen LogP contribution in [0.15, 0.2) is 42.6 Å². The van der Waals surface area contributed by atoms with Crippen molar-refractivity contribution in [1.82, 2.24) is 9.30 Å². The Balaban J connectivity index is 2.07. The summed E-state index contributed by atoms with van der Waals surface area (Å²) in [5.74, 6) is 0.282. The van der Waals surface area contributed by atoms with Crippen molar-refractivity contribution in [3.05, 3.63) is 48.2 Å². The van der Waals surface area contributed by atoms with Crippen LogP contribution in [0.3, 0.4) is 0 Å². The molecule has 1 aromatic carbocycles. The standard InChI is InChI=1S/C20H21N3O3/c1-22(2)12-15(10-11-21)26-14-8-9-18-19(20(24)25-3)16-6-4-5-7-17(16)23(18)13-14/h4-9,13,15H,10,12H2,1-3H3. The number of para-hydroxylation sites is 1. The van der Waals surface area contributed by atoms with Gasteiger partial charge in [0, 0.05) is 11.9 Å². The minimum atomic E-state index is -0.368. The third kappa shape index (κ3) is 3.35. The third-order valence-corrected chi connectivity index (χ3v) is 4.19. The molecule has 0 amide bonds. The summed E-state index contributed by atoms with van der Waals surface area (Å²) in [6.45, 7) is 0.644. The van der Waals surface area contributed by atoms with Crippen LogP contribution in [0.25, 0.3) is 16.4 Å². The molecule has 3 aromatic rings. The molecule has 6 heteroatoms. The maximum atomic E-state index is 12.3. The fraction of sp³-hybridized carbons (Fsp3) is 0.300. The molecule has 0 spiro atoms. The number of esters is 1. The number of methoxy groups -OCH3 is 1. The molecular weight excluding hydrogens is 330 g/mol. The van der Waals surface area contributed by atoms with Crippen LogP contribution in [-0.4, -0.2) is 49.1 Å². The Bertz CT molecular complexity index is 985. The summed E-state index contributed by atoms with van der Waals surface area (Å²) in [7, 11) is 5.27. The zero-order valence-electron chi connectivity index (χ0n) is 15.1. The van der Waals surface area contributed by atoms with Crippen molar-refractivity contribution >= 4 is 22.4 Å². The zero-order valence-corrected chi connectivity index (χ0v) is 15.1. The third-order valence-electron chi connectivity index (χ3n) is 4.19. The number of aromatic nitrogens is 1. The number of carbonyl (C=O) groups is 1. The highest BCUT2D eigenvalue weighted by Gasteiger charge is 2.19. The maximum absolute atomic E-state index is 12.3. The SMILES string of the molecule is COC(=O)c1c2ccccc2n2cc(OC(CC#N)CN(C)C)ccc12. The van der Waals surface area contributed by atoms with E-state index in [1.165, 1.54) is 7.11 Å². The van der Waals surface area contributed by atoms with Crippen LogP contribution in [-0.2, 0) is 4.74 Å². The summed E-state index contributed by atoms with van der Waals surface area (Å²) in [4.78, 5) is 14.3. The molecule has 0 aliphatic rings. The second-order valence-electron chi connectivity index (χ2n) is 6.37. The number of carbonyl (C=O) groups excluding carboxylic acids is 1. The molecule has 26 heavy (non-hydrogen) atoms. The Morgan fingerprint density at radius 3 is 2.69 bits per heavy atom. The van der Waals surface area contributed by atoms with Crippen LogP contribution < -0.4 is 4.74 Å². The number of nitriles is 1. The lowest BCUT2D eigenvalue weighted by Crippen LogP contribution is -2.30. The van der Waals surface area contributed by atoms with Gasteiger partial charge in [0.15, 0.2) is 0 Å². The lowest BCUT2D eigenvalue weighted by Gasteiger charge is -2.20. The molecule has 1 atom stereocenters. The summed E-state index contributed by atoms with van der Waals surface area (Å²) < 4.78 is 12.9. The van der Waals surface area contributed by atoms with Crippen LogP contribution in [0.4, 0.5) is 0 Å². The largest absolute Gasteiger partial charge is 0.486 e. The number of benzene rings is 1. The van der Waals surface area contributed by atoms with Gasteiger partial charge in [-0.25, -0.2) is 4.79 Å². The van der Waals surface area contributed by atoms with E-state index >= 15 is 0 Å². The topological polar surface area (TPSA) is 67.0 Å². The fourth-order valence-corrected chi connectivity index (χ4v) is 3.15. The van der Waals surface area contributed by atoms with E-state index in [4.69, 9.17) is 14.7 Å². The fourth-order valence-electron chi connectivity index (χ4n) is 3.15. The average Bonchev–Trinajstić information content (AvgIpc) is 2.95. The molecule has 6 nitrogen and oxygen atoms in total. The molecule has 2 aromatic heterocycles. The van der Waals surface area contributed by atoms with Gasteiger partial charge in [0.25, 0.3) is 0 Å².